The van der Waals surface area contributed by atoms with Gasteiger partial charge in [-0.15, -0.1) is 11.6 Å². The van der Waals surface area contributed by atoms with Gasteiger partial charge in [-0.2, -0.15) is 0 Å². The molecule has 0 aliphatic carbocycles. The third kappa shape index (κ3) is 8.10. The average Bonchev–Trinajstić information content (AvgIpc) is 2.12. The van der Waals surface area contributed by atoms with Gasteiger partial charge in [-0.1, -0.05) is 19.8 Å². The first kappa shape index (κ1) is 12.8. The Labute approximate surface area is 85.6 Å². The Kier molecular flexibility index (Phi) is 8.21. The Hall–Kier alpha value is -0.240. The van der Waals surface area contributed by atoms with Crippen LogP contribution in [0.25, 0.3) is 0 Å². The largest absolute Gasteiger partial charge is 0.469 e. The smallest absolute Gasteiger partial charge is 0.305 e. The molecule has 0 aromatic carbocycles. The number of carbonyl (C=O) groups excluding carboxylic acids is 1. The molecule has 0 saturated carbocycles. The number of halogens is 1. The minimum atomic E-state index is -0.124. The highest BCUT2D eigenvalue weighted by Crippen LogP contribution is 2.14. The van der Waals surface area contributed by atoms with E-state index in [-0.39, 0.29) is 11.3 Å². The van der Waals surface area contributed by atoms with Gasteiger partial charge in [-0.05, 0) is 19.3 Å². The zero-order chi connectivity index (χ0) is 10.1. The minimum absolute atomic E-state index is 0.124. The van der Waals surface area contributed by atoms with Crippen molar-refractivity contribution >= 4 is 17.6 Å². The number of methoxy groups -OCH3 is 1. The fourth-order valence-electron chi connectivity index (χ4n) is 1.19. The summed E-state index contributed by atoms with van der Waals surface area (Å²) in [6, 6.07) is 0. The first-order valence-electron chi connectivity index (χ1n) is 4.91. The first-order chi connectivity index (χ1) is 6.20. The lowest BCUT2D eigenvalue weighted by molar-refractivity contribution is -0.140. The number of hydrogen-bond donors (Lipinski definition) is 0. The van der Waals surface area contributed by atoms with Crippen molar-refractivity contribution in [1.82, 2.24) is 0 Å². The van der Waals surface area contributed by atoms with Crippen LogP contribution in [0, 0.1) is 0 Å². The molecule has 1 atom stereocenters. The molecule has 0 aliphatic rings. The molecule has 0 N–H and O–H groups in total. The van der Waals surface area contributed by atoms with E-state index in [1.165, 1.54) is 7.11 Å². The number of esters is 1. The number of unbranched alkanes of at least 4 members (excludes halogenated alkanes) is 1. The summed E-state index contributed by atoms with van der Waals surface area (Å²) in [5.41, 5.74) is 0. The van der Waals surface area contributed by atoms with Crippen molar-refractivity contribution in [3.05, 3.63) is 0 Å². The van der Waals surface area contributed by atoms with E-state index in [9.17, 15) is 4.79 Å². The molecule has 0 aromatic rings. The summed E-state index contributed by atoms with van der Waals surface area (Å²) in [6.07, 6.45) is 5.63. The van der Waals surface area contributed by atoms with E-state index in [4.69, 9.17) is 11.6 Å². The molecule has 1 unspecified atom stereocenters. The first-order valence-corrected chi connectivity index (χ1v) is 5.35. The Morgan fingerprint density at radius 2 is 2.08 bits per heavy atom. The minimum Gasteiger partial charge on any atom is -0.469 e. The molecule has 0 fully saturated rings. The second-order valence-electron chi connectivity index (χ2n) is 3.21. The quantitative estimate of drug-likeness (QED) is 0.364. The van der Waals surface area contributed by atoms with Gasteiger partial charge in [0.25, 0.3) is 0 Å². The van der Waals surface area contributed by atoms with Gasteiger partial charge in [0.05, 0.1) is 7.11 Å². The fourth-order valence-corrected chi connectivity index (χ4v) is 1.57. The molecule has 0 saturated heterocycles. The van der Waals surface area contributed by atoms with Gasteiger partial charge in [0.2, 0.25) is 0 Å². The van der Waals surface area contributed by atoms with Crippen LogP contribution in [0.1, 0.15) is 45.4 Å². The summed E-state index contributed by atoms with van der Waals surface area (Å²) in [6.45, 7) is 2.13. The Balaban J connectivity index is 3.20. The van der Waals surface area contributed by atoms with E-state index < -0.39 is 0 Å². The van der Waals surface area contributed by atoms with Crippen molar-refractivity contribution in [2.75, 3.05) is 7.11 Å². The van der Waals surface area contributed by atoms with Gasteiger partial charge in [-0.3, -0.25) is 4.79 Å². The third-order valence-corrected chi connectivity index (χ3v) is 2.41. The number of alkyl halides is 1. The van der Waals surface area contributed by atoms with Crippen LogP contribution in [0.5, 0.6) is 0 Å². The highest BCUT2D eigenvalue weighted by Gasteiger charge is 2.04. The van der Waals surface area contributed by atoms with Crippen LogP contribution in [0.3, 0.4) is 0 Å². The molecule has 2 nitrogen and oxygen atoms in total. The second kappa shape index (κ2) is 8.36. The highest BCUT2D eigenvalue weighted by atomic mass is 35.5. The lowest BCUT2D eigenvalue weighted by Crippen LogP contribution is -2.01. The molecular weight excluding hydrogens is 188 g/mol. The van der Waals surface area contributed by atoms with E-state index >= 15 is 0 Å². The van der Waals surface area contributed by atoms with Crippen molar-refractivity contribution in [3.8, 4) is 0 Å². The van der Waals surface area contributed by atoms with Crippen LogP contribution in [-0.2, 0) is 9.53 Å². The van der Waals surface area contributed by atoms with Gasteiger partial charge in [-0.25, -0.2) is 0 Å². The van der Waals surface area contributed by atoms with Crippen LogP contribution in [-0.4, -0.2) is 18.5 Å². The maximum Gasteiger partial charge on any atom is 0.305 e. The molecular formula is C10H19ClO2. The summed E-state index contributed by atoms with van der Waals surface area (Å²) in [5.74, 6) is -0.124. The Morgan fingerprint density at radius 1 is 1.38 bits per heavy atom. The summed E-state index contributed by atoms with van der Waals surface area (Å²) >= 11 is 6.01. The van der Waals surface area contributed by atoms with E-state index in [1.54, 1.807) is 0 Å². The summed E-state index contributed by atoms with van der Waals surface area (Å²) in [7, 11) is 1.42. The van der Waals surface area contributed by atoms with Crippen molar-refractivity contribution < 1.29 is 9.53 Å². The Bertz CT molecular complexity index is 137. The molecule has 0 heterocycles. The van der Waals surface area contributed by atoms with Crippen molar-refractivity contribution in [2.45, 2.75) is 50.8 Å². The van der Waals surface area contributed by atoms with Crippen LogP contribution in [0.2, 0.25) is 0 Å². The van der Waals surface area contributed by atoms with Gasteiger partial charge in [0.1, 0.15) is 0 Å². The molecule has 0 aromatic heterocycles. The maximum absolute atomic E-state index is 10.7. The Morgan fingerprint density at radius 3 is 2.62 bits per heavy atom. The second-order valence-corrected chi connectivity index (χ2v) is 3.83. The fraction of sp³-hybridized carbons (Fsp3) is 0.900. The zero-order valence-electron chi connectivity index (χ0n) is 8.51. The lowest BCUT2D eigenvalue weighted by Gasteiger charge is -2.06. The predicted molar refractivity (Wildman–Crippen MR) is 55.0 cm³/mol. The summed E-state index contributed by atoms with van der Waals surface area (Å²) < 4.78 is 4.53. The molecule has 0 radical (unpaired) electrons. The van der Waals surface area contributed by atoms with Crippen LogP contribution in [0.15, 0.2) is 0 Å². The van der Waals surface area contributed by atoms with Crippen LogP contribution >= 0.6 is 11.6 Å². The normalized spacial score (nSPS) is 12.5. The average molecular weight is 207 g/mol. The SMILES string of the molecule is CCCC(Cl)CCCCC(=O)OC. The molecule has 13 heavy (non-hydrogen) atoms. The lowest BCUT2D eigenvalue weighted by atomic mass is 10.1. The molecule has 0 rings (SSSR count). The van der Waals surface area contributed by atoms with Gasteiger partial charge in [0.15, 0.2) is 0 Å². The number of rotatable bonds is 7. The number of ether oxygens (including phenoxy) is 1. The van der Waals surface area contributed by atoms with E-state index in [1.807, 2.05) is 0 Å². The van der Waals surface area contributed by atoms with Gasteiger partial charge >= 0.3 is 5.97 Å². The van der Waals surface area contributed by atoms with E-state index in [2.05, 4.69) is 11.7 Å². The molecule has 0 bridgehead atoms. The van der Waals surface area contributed by atoms with Crippen molar-refractivity contribution in [2.24, 2.45) is 0 Å². The van der Waals surface area contributed by atoms with E-state index in [0.717, 1.165) is 32.1 Å². The molecule has 3 heteroatoms. The monoisotopic (exact) mass is 206 g/mol. The summed E-state index contributed by atoms with van der Waals surface area (Å²) in [4.78, 5) is 10.7. The molecule has 78 valence electrons. The van der Waals surface area contributed by atoms with E-state index in [0.29, 0.717) is 6.42 Å². The van der Waals surface area contributed by atoms with Gasteiger partial charge < -0.3 is 4.74 Å². The topological polar surface area (TPSA) is 26.3 Å². The van der Waals surface area contributed by atoms with Crippen molar-refractivity contribution in [3.63, 3.8) is 0 Å². The van der Waals surface area contributed by atoms with Crippen molar-refractivity contribution in [1.29, 1.82) is 0 Å². The van der Waals surface area contributed by atoms with Gasteiger partial charge in [0, 0.05) is 11.8 Å². The molecule has 0 aliphatic heterocycles. The number of hydrogen-bond acceptors (Lipinski definition) is 2. The standard InChI is InChI=1S/C10H19ClO2/c1-3-6-9(11)7-4-5-8-10(12)13-2/h9H,3-8H2,1-2H3. The zero-order valence-corrected chi connectivity index (χ0v) is 9.27. The maximum atomic E-state index is 10.7. The third-order valence-electron chi connectivity index (χ3n) is 1.98. The number of carbonyl (C=O) groups is 1. The molecule has 0 amide bonds. The van der Waals surface area contributed by atoms with Crippen LogP contribution < -0.4 is 0 Å². The summed E-state index contributed by atoms with van der Waals surface area (Å²) in [5, 5.41) is 0.280. The van der Waals surface area contributed by atoms with Crippen LogP contribution in [0.4, 0.5) is 0 Å². The predicted octanol–water partition coefficient (Wildman–Crippen LogP) is 3.13. The molecule has 0 spiro atoms. The highest BCUT2D eigenvalue weighted by molar-refractivity contribution is 6.20.